The van der Waals surface area contributed by atoms with Gasteiger partial charge in [-0.15, -0.1) is 34.4 Å². The second-order valence-corrected chi connectivity index (χ2v) is 7.02. The van der Waals surface area contributed by atoms with Crippen molar-refractivity contribution in [3.63, 3.8) is 0 Å². The fraction of sp³-hybridized carbons (Fsp3) is 0.333. The Morgan fingerprint density at radius 1 is 1.00 bits per heavy atom. The van der Waals surface area contributed by atoms with Gasteiger partial charge in [-0.25, -0.2) is 0 Å². The zero-order chi connectivity index (χ0) is 10.1. The summed E-state index contributed by atoms with van der Waals surface area (Å²) in [6.45, 7) is 0. The van der Waals surface area contributed by atoms with Crippen LogP contribution in [0.1, 0.15) is 22.6 Å². The summed E-state index contributed by atoms with van der Waals surface area (Å²) in [4.78, 5) is 3.07. The van der Waals surface area contributed by atoms with E-state index in [1.165, 1.54) is 28.3 Å². The van der Waals surface area contributed by atoms with Crippen LogP contribution in [0.4, 0.5) is 0 Å². The first-order valence-corrected chi connectivity index (χ1v) is 7.88. The van der Waals surface area contributed by atoms with Gasteiger partial charge in [-0.3, -0.25) is 0 Å². The fourth-order valence-corrected chi connectivity index (χ4v) is 5.95. The van der Waals surface area contributed by atoms with Crippen molar-refractivity contribution in [3.8, 4) is 0 Å². The fourth-order valence-electron chi connectivity index (χ4n) is 2.17. The summed E-state index contributed by atoms with van der Waals surface area (Å²) < 4.78 is 0.294. The minimum Gasteiger partial charge on any atom is -0.147 e. The molecule has 0 aromatic carbocycles. The highest BCUT2D eigenvalue weighted by molar-refractivity contribution is 8.00. The van der Waals surface area contributed by atoms with E-state index in [1.54, 1.807) is 0 Å². The highest BCUT2D eigenvalue weighted by atomic mass is 32.2. The second kappa shape index (κ2) is 3.96. The molecule has 0 bridgehead atoms. The summed E-state index contributed by atoms with van der Waals surface area (Å²) in [5.41, 5.74) is 0. The average molecular weight is 252 g/mol. The number of rotatable bonds is 2. The lowest BCUT2D eigenvalue weighted by Gasteiger charge is -2.25. The van der Waals surface area contributed by atoms with Crippen LogP contribution in [0.15, 0.2) is 35.0 Å². The quantitative estimate of drug-likeness (QED) is 0.754. The van der Waals surface area contributed by atoms with E-state index in [2.05, 4.69) is 46.8 Å². The van der Waals surface area contributed by atoms with Crippen LogP contribution < -0.4 is 0 Å². The zero-order valence-corrected chi connectivity index (χ0v) is 10.8. The minimum atomic E-state index is 0.294. The van der Waals surface area contributed by atoms with E-state index in [4.69, 9.17) is 0 Å². The third-order valence-electron chi connectivity index (χ3n) is 2.86. The Labute approximate surface area is 102 Å². The van der Waals surface area contributed by atoms with Gasteiger partial charge < -0.3 is 0 Å². The molecule has 0 nitrogen and oxygen atoms in total. The molecule has 0 amide bonds. The largest absolute Gasteiger partial charge is 0.147 e. The first kappa shape index (κ1) is 9.94. The predicted octanol–water partition coefficient (Wildman–Crippen LogP) is 4.58. The minimum absolute atomic E-state index is 0.294. The molecule has 0 saturated carbocycles. The van der Waals surface area contributed by atoms with Gasteiger partial charge in [-0.2, -0.15) is 0 Å². The second-order valence-electron chi connectivity index (χ2n) is 3.73. The molecule has 0 aliphatic carbocycles. The molecule has 15 heavy (non-hydrogen) atoms. The van der Waals surface area contributed by atoms with Gasteiger partial charge in [0.2, 0.25) is 0 Å². The van der Waals surface area contributed by atoms with Crippen LogP contribution >= 0.6 is 34.4 Å². The van der Waals surface area contributed by atoms with Crippen LogP contribution in [0.2, 0.25) is 0 Å². The number of hydrogen-bond acceptors (Lipinski definition) is 3. The monoisotopic (exact) mass is 252 g/mol. The molecule has 78 valence electrons. The molecule has 1 aliphatic heterocycles. The van der Waals surface area contributed by atoms with E-state index in [-0.39, 0.29) is 0 Å². The smallest absolute Gasteiger partial charge is 0.0841 e. The molecule has 0 atom stereocenters. The summed E-state index contributed by atoms with van der Waals surface area (Å²) in [7, 11) is 0. The van der Waals surface area contributed by atoms with Gasteiger partial charge >= 0.3 is 0 Å². The third-order valence-corrected chi connectivity index (χ3v) is 6.81. The highest BCUT2D eigenvalue weighted by Gasteiger charge is 2.39. The summed E-state index contributed by atoms with van der Waals surface area (Å²) in [5, 5.41) is 4.40. The van der Waals surface area contributed by atoms with Crippen LogP contribution in [-0.4, -0.2) is 5.75 Å². The third kappa shape index (κ3) is 1.57. The van der Waals surface area contributed by atoms with Gasteiger partial charge in [-0.05, 0) is 41.5 Å². The SMILES string of the molecule is c1csc(C2(c3cccs3)CCCS2)c1. The maximum absolute atomic E-state index is 2.29. The summed E-state index contributed by atoms with van der Waals surface area (Å²) in [5.74, 6) is 1.30. The molecule has 0 unspecified atom stereocenters. The van der Waals surface area contributed by atoms with Crippen LogP contribution in [0.5, 0.6) is 0 Å². The average Bonchev–Trinajstić information content (AvgIpc) is 3.02. The normalized spacial score (nSPS) is 19.5. The maximum atomic E-state index is 2.29. The first-order valence-electron chi connectivity index (χ1n) is 5.14. The van der Waals surface area contributed by atoms with Gasteiger partial charge in [0.1, 0.15) is 0 Å². The Balaban J connectivity index is 2.10. The van der Waals surface area contributed by atoms with E-state index >= 15 is 0 Å². The van der Waals surface area contributed by atoms with Crippen LogP contribution in [-0.2, 0) is 4.75 Å². The van der Waals surface area contributed by atoms with Gasteiger partial charge in [0.25, 0.3) is 0 Å². The van der Waals surface area contributed by atoms with Crippen LogP contribution in [0, 0.1) is 0 Å². The Kier molecular flexibility index (Phi) is 2.63. The summed E-state index contributed by atoms with van der Waals surface area (Å²) >= 11 is 5.93. The van der Waals surface area contributed by atoms with Crippen LogP contribution in [0.3, 0.4) is 0 Å². The lowest BCUT2D eigenvalue weighted by atomic mass is 9.99. The van der Waals surface area contributed by atoms with E-state index in [0.29, 0.717) is 4.75 Å². The van der Waals surface area contributed by atoms with E-state index in [1.807, 2.05) is 22.7 Å². The Hall–Kier alpha value is -0.250. The topological polar surface area (TPSA) is 0 Å². The van der Waals surface area contributed by atoms with Crippen molar-refractivity contribution < 1.29 is 0 Å². The molecule has 3 heteroatoms. The maximum Gasteiger partial charge on any atom is 0.0841 e. The molecule has 0 spiro atoms. The summed E-state index contributed by atoms with van der Waals surface area (Å²) in [6.07, 6.45) is 2.65. The van der Waals surface area contributed by atoms with Crippen molar-refractivity contribution >= 4 is 34.4 Å². The predicted molar refractivity (Wildman–Crippen MR) is 71.1 cm³/mol. The molecule has 3 heterocycles. The van der Waals surface area contributed by atoms with E-state index < -0.39 is 0 Å². The molecule has 0 N–H and O–H groups in total. The molecule has 2 aromatic heterocycles. The van der Waals surface area contributed by atoms with E-state index in [0.717, 1.165) is 0 Å². The highest BCUT2D eigenvalue weighted by Crippen LogP contribution is 2.53. The molecule has 3 rings (SSSR count). The molecule has 1 saturated heterocycles. The first-order chi connectivity index (χ1) is 7.42. The summed E-state index contributed by atoms with van der Waals surface area (Å²) in [6, 6.07) is 8.94. The van der Waals surface area contributed by atoms with Gasteiger partial charge in [0, 0.05) is 9.75 Å². The van der Waals surface area contributed by atoms with Crippen molar-refractivity contribution in [2.75, 3.05) is 5.75 Å². The van der Waals surface area contributed by atoms with Crippen molar-refractivity contribution in [1.82, 2.24) is 0 Å². The molecule has 1 fully saturated rings. The van der Waals surface area contributed by atoms with Gasteiger partial charge in [-0.1, -0.05) is 12.1 Å². The van der Waals surface area contributed by atoms with Crippen molar-refractivity contribution in [2.45, 2.75) is 17.6 Å². The Bertz CT molecular complexity index is 371. The molecule has 2 aromatic rings. The van der Waals surface area contributed by atoms with Crippen molar-refractivity contribution in [3.05, 3.63) is 44.8 Å². The molecule has 0 radical (unpaired) electrons. The zero-order valence-electron chi connectivity index (χ0n) is 8.31. The van der Waals surface area contributed by atoms with Crippen LogP contribution in [0.25, 0.3) is 0 Å². The van der Waals surface area contributed by atoms with Crippen molar-refractivity contribution in [1.29, 1.82) is 0 Å². The lowest BCUT2D eigenvalue weighted by molar-refractivity contribution is 0.709. The standard InChI is InChI=1S/C12H12S3/c1-4-10(13-7-1)12(6-3-9-15-12)11-5-2-8-14-11/h1-2,4-5,7-8H,3,6,9H2. The van der Waals surface area contributed by atoms with Gasteiger partial charge in [0.05, 0.1) is 4.75 Å². The molecular formula is C12H12S3. The number of hydrogen-bond donors (Lipinski definition) is 0. The van der Waals surface area contributed by atoms with Crippen molar-refractivity contribution in [2.24, 2.45) is 0 Å². The molecule has 1 aliphatic rings. The van der Waals surface area contributed by atoms with Gasteiger partial charge in [0.15, 0.2) is 0 Å². The van der Waals surface area contributed by atoms with E-state index in [9.17, 15) is 0 Å². The Morgan fingerprint density at radius 2 is 1.67 bits per heavy atom. The number of thioether (sulfide) groups is 1. The Morgan fingerprint density at radius 3 is 2.07 bits per heavy atom. The molecular weight excluding hydrogens is 240 g/mol. The lowest BCUT2D eigenvalue weighted by Crippen LogP contribution is -2.16. The number of thiophene rings is 2.